The van der Waals surface area contributed by atoms with Crippen molar-refractivity contribution in [3.05, 3.63) is 23.8 Å². The zero-order valence-corrected chi connectivity index (χ0v) is 11.4. The van der Waals surface area contributed by atoms with Crippen molar-refractivity contribution in [2.24, 2.45) is 5.73 Å². The molecule has 0 aliphatic rings. The van der Waals surface area contributed by atoms with Crippen molar-refractivity contribution in [1.29, 1.82) is 0 Å². The molecular formula is C12H19ClN2O3. The van der Waals surface area contributed by atoms with Gasteiger partial charge in [0.15, 0.2) is 0 Å². The highest BCUT2D eigenvalue weighted by Gasteiger charge is 2.06. The predicted octanol–water partition coefficient (Wildman–Crippen LogP) is 1.09. The number of carbonyl (C=O) groups is 1. The fourth-order valence-electron chi connectivity index (χ4n) is 1.41. The molecule has 1 rings (SSSR count). The molecule has 0 aliphatic heterocycles. The third kappa shape index (κ3) is 4.81. The van der Waals surface area contributed by atoms with E-state index < -0.39 is 0 Å². The molecule has 0 saturated heterocycles. The molecule has 0 atom stereocenters. The van der Waals surface area contributed by atoms with E-state index in [1.165, 1.54) is 0 Å². The van der Waals surface area contributed by atoms with Crippen LogP contribution in [-0.4, -0.2) is 26.7 Å². The van der Waals surface area contributed by atoms with E-state index in [0.29, 0.717) is 25.3 Å². The average molecular weight is 275 g/mol. The summed E-state index contributed by atoms with van der Waals surface area (Å²) in [5, 5.41) is 2.77. The van der Waals surface area contributed by atoms with Crippen LogP contribution in [0.1, 0.15) is 12.0 Å². The number of nitrogens with two attached hydrogens (primary N) is 1. The van der Waals surface area contributed by atoms with E-state index in [2.05, 4.69) is 5.32 Å². The van der Waals surface area contributed by atoms with Crippen LogP contribution in [-0.2, 0) is 11.3 Å². The van der Waals surface area contributed by atoms with Gasteiger partial charge in [0.05, 0.1) is 14.2 Å². The quantitative estimate of drug-likeness (QED) is 0.814. The number of carbonyl (C=O) groups excluding carboxylic acids is 1. The first kappa shape index (κ1) is 16.5. The smallest absolute Gasteiger partial charge is 0.221 e. The number of rotatable bonds is 6. The first-order valence-corrected chi connectivity index (χ1v) is 5.39. The van der Waals surface area contributed by atoms with Crippen LogP contribution in [0.4, 0.5) is 0 Å². The maximum absolute atomic E-state index is 11.3. The molecule has 0 saturated carbocycles. The summed E-state index contributed by atoms with van der Waals surface area (Å²) in [4.78, 5) is 11.3. The van der Waals surface area contributed by atoms with Crippen LogP contribution < -0.4 is 20.5 Å². The van der Waals surface area contributed by atoms with Crippen molar-refractivity contribution in [3.8, 4) is 11.5 Å². The normalized spacial score (nSPS) is 9.28. The summed E-state index contributed by atoms with van der Waals surface area (Å²) in [6.45, 7) is 0.775. The van der Waals surface area contributed by atoms with Crippen molar-refractivity contribution in [2.45, 2.75) is 13.0 Å². The molecule has 6 heteroatoms. The number of benzene rings is 1. The molecule has 5 nitrogen and oxygen atoms in total. The number of halogens is 1. The molecule has 1 aromatic rings. The molecule has 18 heavy (non-hydrogen) atoms. The second-order valence-corrected chi connectivity index (χ2v) is 3.49. The Morgan fingerprint density at radius 3 is 2.61 bits per heavy atom. The zero-order chi connectivity index (χ0) is 12.7. The summed E-state index contributed by atoms with van der Waals surface area (Å²) >= 11 is 0. The van der Waals surface area contributed by atoms with Gasteiger partial charge in [0, 0.05) is 31.1 Å². The Morgan fingerprint density at radius 1 is 1.33 bits per heavy atom. The van der Waals surface area contributed by atoms with Crippen molar-refractivity contribution in [3.63, 3.8) is 0 Å². The Morgan fingerprint density at radius 2 is 2.06 bits per heavy atom. The van der Waals surface area contributed by atoms with Gasteiger partial charge >= 0.3 is 0 Å². The van der Waals surface area contributed by atoms with E-state index in [1.807, 2.05) is 12.1 Å². The summed E-state index contributed by atoms with van der Waals surface area (Å²) in [6, 6.07) is 5.47. The minimum Gasteiger partial charge on any atom is -0.497 e. The molecule has 102 valence electrons. The van der Waals surface area contributed by atoms with E-state index in [-0.39, 0.29) is 18.3 Å². The van der Waals surface area contributed by atoms with Crippen LogP contribution in [0.3, 0.4) is 0 Å². The molecule has 1 amide bonds. The van der Waals surface area contributed by atoms with Crippen LogP contribution in [0.15, 0.2) is 18.2 Å². The summed E-state index contributed by atoms with van der Waals surface area (Å²) < 4.78 is 10.3. The average Bonchev–Trinajstić information content (AvgIpc) is 2.36. The van der Waals surface area contributed by atoms with E-state index in [0.717, 1.165) is 11.3 Å². The first-order valence-electron chi connectivity index (χ1n) is 5.39. The molecular weight excluding hydrogens is 256 g/mol. The van der Waals surface area contributed by atoms with Gasteiger partial charge in [-0.1, -0.05) is 0 Å². The van der Waals surface area contributed by atoms with Gasteiger partial charge in [-0.25, -0.2) is 0 Å². The van der Waals surface area contributed by atoms with Crippen molar-refractivity contribution in [2.75, 3.05) is 20.8 Å². The van der Waals surface area contributed by atoms with Gasteiger partial charge in [0.25, 0.3) is 0 Å². The van der Waals surface area contributed by atoms with Crippen molar-refractivity contribution >= 4 is 18.3 Å². The van der Waals surface area contributed by atoms with Crippen molar-refractivity contribution in [1.82, 2.24) is 5.32 Å². The van der Waals surface area contributed by atoms with Gasteiger partial charge in [0.2, 0.25) is 5.91 Å². The number of methoxy groups -OCH3 is 2. The Labute approximate surface area is 113 Å². The van der Waals surface area contributed by atoms with Crippen LogP contribution in [0.25, 0.3) is 0 Å². The summed E-state index contributed by atoms with van der Waals surface area (Å²) in [5.41, 5.74) is 6.19. The number of hydrogen-bond acceptors (Lipinski definition) is 4. The number of nitrogens with one attached hydrogen (secondary N) is 1. The highest BCUT2D eigenvalue weighted by Crippen LogP contribution is 2.24. The van der Waals surface area contributed by atoms with Gasteiger partial charge in [0.1, 0.15) is 11.5 Å². The topological polar surface area (TPSA) is 73.6 Å². The highest BCUT2D eigenvalue weighted by molar-refractivity contribution is 5.85. The summed E-state index contributed by atoms with van der Waals surface area (Å²) in [5.74, 6) is 1.35. The Hall–Kier alpha value is -1.46. The standard InChI is InChI=1S/C12H18N2O3.ClH/c1-16-10-4-3-9(11(7-10)17-2)8-14-12(15)5-6-13;/h3-4,7H,5-6,8,13H2,1-2H3,(H,14,15);1H. The van der Waals surface area contributed by atoms with Gasteiger partial charge in [-0.2, -0.15) is 0 Å². The summed E-state index contributed by atoms with van der Waals surface area (Å²) in [7, 11) is 3.18. The molecule has 1 aromatic carbocycles. The van der Waals surface area contributed by atoms with Gasteiger partial charge in [-0.05, 0) is 12.1 Å². The molecule has 0 spiro atoms. The molecule has 0 unspecified atom stereocenters. The van der Waals surface area contributed by atoms with E-state index in [1.54, 1.807) is 20.3 Å². The van der Waals surface area contributed by atoms with Crippen LogP contribution >= 0.6 is 12.4 Å². The van der Waals surface area contributed by atoms with Crippen LogP contribution in [0.2, 0.25) is 0 Å². The lowest BCUT2D eigenvalue weighted by Crippen LogP contribution is -2.25. The fourth-order valence-corrected chi connectivity index (χ4v) is 1.41. The molecule has 0 bridgehead atoms. The van der Waals surface area contributed by atoms with Crippen LogP contribution in [0.5, 0.6) is 11.5 Å². The molecule has 0 fully saturated rings. The SMILES string of the molecule is COc1ccc(CNC(=O)CCN)c(OC)c1.Cl. The van der Waals surface area contributed by atoms with Gasteiger partial charge in [-0.15, -0.1) is 12.4 Å². The fraction of sp³-hybridized carbons (Fsp3) is 0.417. The molecule has 0 radical (unpaired) electrons. The van der Waals surface area contributed by atoms with E-state index in [4.69, 9.17) is 15.2 Å². The second kappa shape index (κ2) is 8.60. The van der Waals surface area contributed by atoms with Gasteiger partial charge < -0.3 is 20.5 Å². The zero-order valence-electron chi connectivity index (χ0n) is 10.6. The molecule has 0 aromatic heterocycles. The van der Waals surface area contributed by atoms with Crippen LogP contribution in [0, 0.1) is 0 Å². The largest absolute Gasteiger partial charge is 0.497 e. The third-order valence-electron chi connectivity index (χ3n) is 2.34. The second-order valence-electron chi connectivity index (χ2n) is 3.49. The number of amides is 1. The lowest BCUT2D eigenvalue weighted by Gasteiger charge is -2.11. The van der Waals surface area contributed by atoms with Gasteiger partial charge in [-0.3, -0.25) is 4.79 Å². The highest BCUT2D eigenvalue weighted by atomic mass is 35.5. The Bertz CT molecular complexity index is 386. The Balaban J connectivity index is 0.00000289. The minimum atomic E-state index is -0.0645. The minimum absolute atomic E-state index is 0. The lowest BCUT2D eigenvalue weighted by atomic mass is 10.2. The maximum atomic E-state index is 11.3. The third-order valence-corrected chi connectivity index (χ3v) is 2.34. The van der Waals surface area contributed by atoms with E-state index >= 15 is 0 Å². The molecule has 0 aliphatic carbocycles. The Kier molecular flexibility index (Phi) is 7.91. The monoisotopic (exact) mass is 274 g/mol. The maximum Gasteiger partial charge on any atom is 0.221 e. The lowest BCUT2D eigenvalue weighted by molar-refractivity contribution is -0.121. The van der Waals surface area contributed by atoms with E-state index in [9.17, 15) is 4.79 Å². The molecule has 0 heterocycles. The predicted molar refractivity (Wildman–Crippen MR) is 72.3 cm³/mol. The first-order chi connectivity index (χ1) is 8.21. The van der Waals surface area contributed by atoms with Crippen molar-refractivity contribution < 1.29 is 14.3 Å². The number of hydrogen-bond donors (Lipinski definition) is 2. The number of ether oxygens (including phenoxy) is 2. The summed E-state index contributed by atoms with van der Waals surface area (Å²) in [6.07, 6.45) is 0.332. The molecule has 3 N–H and O–H groups in total.